The molecular formula is C17H21N3S. The highest BCUT2D eigenvalue weighted by Crippen LogP contribution is 2.26. The molecule has 4 heteroatoms. The van der Waals surface area contributed by atoms with E-state index in [0.717, 1.165) is 25.4 Å². The number of rotatable bonds is 7. The van der Waals surface area contributed by atoms with Gasteiger partial charge in [0.25, 0.3) is 0 Å². The maximum absolute atomic E-state index is 9.14. The second-order valence-electron chi connectivity index (χ2n) is 5.56. The van der Waals surface area contributed by atoms with E-state index in [1.54, 1.807) is 0 Å². The van der Waals surface area contributed by atoms with Gasteiger partial charge >= 0.3 is 0 Å². The number of nitrogens with zero attached hydrogens (tertiary/aromatic N) is 3. The summed E-state index contributed by atoms with van der Waals surface area (Å²) in [5.41, 5.74) is 0. The van der Waals surface area contributed by atoms with Gasteiger partial charge in [-0.25, -0.2) is 0 Å². The van der Waals surface area contributed by atoms with Crippen LogP contribution in [0.5, 0.6) is 0 Å². The first-order valence-corrected chi connectivity index (χ1v) is 8.47. The Hall–Kier alpha value is -1.49. The highest BCUT2D eigenvalue weighted by molar-refractivity contribution is 7.99. The van der Waals surface area contributed by atoms with Crippen LogP contribution in [0.15, 0.2) is 35.2 Å². The van der Waals surface area contributed by atoms with Gasteiger partial charge in [0, 0.05) is 30.2 Å². The highest BCUT2D eigenvalue weighted by Gasteiger charge is 2.24. The number of benzene rings is 1. The summed E-state index contributed by atoms with van der Waals surface area (Å²) in [6, 6.07) is 15.0. The Bertz CT molecular complexity index is 503. The molecule has 1 saturated heterocycles. The third kappa shape index (κ3) is 5.42. The minimum absolute atomic E-state index is 0.00479. The normalized spacial score (nSPS) is 19.8. The van der Waals surface area contributed by atoms with E-state index >= 15 is 0 Å². The summed E-state index contributed by atoms with van der Waals surface area (Å²) >= 11 is 1.92. The molecule has 1 aliphatic rings. The van der Waals surface area contributed by atoms with Gasteiger partial charge in [-0.15, -0.1) is 11.8 Å². The van der Waals surface area contributed by atoms with Crippen LogP contribution in [0.1, 0.15) is 19.3 Å². The highest BCUT2D eigenvalue weighted by atomic mass is 32.2. The van der Waals surface area contributed by atoms with E-state index in [-0.39, 0.29) is 5.92 Å². The topological polar surface area (TPSA) is 50.8 Å². The Morgan fingerprint density at radius 2 is 2.10 bits per heavy atom. The monoisotopic (exact) mass is 299 g/mol. The van der Waals surface area contributed by atoms with Gasteiger partial charge in [-0.1, -0.05) is 18.2 Å². The van der Waals surface area contributed by atoms with Crippen LogP contribution < -0.4 is 0 Å². The number of thioether (sulfide) groups is 1. The molecule has 1 aromatic carbocycles. The van der Waals surface area contributed by atoms with E-state index in [9.17, 15) is 0 Å². The zero-order valence-electron chi connectivity index (χ0n) is 12.2. The molecule has 1 aromatic rings. The average molecular weight is 299 g/mol. The first-order chi connectivity index (χ1) is 10.3. The zero-order chi connectivity index (χ0) is 14.9. The lowest BCUT2D eigenvalue weighted by Crippen LogP contribution is -2.27. The molecule has 0 saturated carbocycles. The zero-order valence-corrected chi connectivity index (χ0v) is 13.1. The number of nitriles is 2. The van der Waals surface area contributed by atoms with Crippen LogP contribution in [0.2, 0.25) is 0 Å². The van der Waals surface area contributed by atoms with E-state index in [0.29, 0.717) is 18.8 Å². The maximum atomic E-state index is 9.14. The van der Waals surface area contributed by atoms with Crippen LogP contribution in [0.25, 0.3) is 0 Å². The van der Waals surface area contributed by atoms with Crippen molar-refractivity contribution in [2.24, 2.45) is 11.8 Å². The fourth-order valence-electron chi connectivity index (χ4n) is 2.69. The Morgan fingerprint density at radius 3 is 2.81 bits per heavy atom. The van der Waals surface area contributed by atoms with Crippen molar-refractivity contribution < 1.29 is 0 Å². The molecule has 0 aliphatic carbocycles. The van der Waals surface area contributed by atoms with Crippen LogP contribution in [0.3, 0.4) is 0 Å². The van der Waals surface area contributed by atoms with Crippen molar-refractivity contribution in [2.75, 3.05) is 25.4 Å². The molecule has 1 fully saturated rings. The minimum atomic E-state index is 0.00479. The van der Waals surface area contributed by atoms with Gasteiger partial charge in [0.05, 0.1) is 18.1 Å². The molecule has 2 atom stereocenters. The van der Waals surface area contributed by atoms with Crippen LogP contribution in [-0.4, -0.2) is 30.3 Å². The van der Waals surface area contributed by atoms with Crippen molar-refractivity contribution in [1.82, 2.24) is 4.90 Å². The van der Waals surface area contributed by atoms with Crippen LogP contribution in [0, 0.1) is 34.5 Å². The quantitative estimate of drug-likeness (QED) is 0.723. The van der Waals surface area contributed by atoms with Crippen molar-refractivity contribution in [3.05, 3.63) is 30.3 Å². The van der Waals surface area contributed by atoms with Gasteiger partial charge < -0.3 is 4.90 Å². The van der Waals surface area contributed by atoms with E-state index in [2.05, 4.69) is 41.3 Å². The van der Waals surface area contributed by atoms with Gasteiger partial charge in [-0.3, -0.25) is 0 Å². The lowest BCUT2D eigenvalue weighted by molar-refractivity contribution is 0.292. The molecule has 0 spiro atoms. The second-order valence-corrected chi connectivity index (χ2v) is 6.65. The third-order valence-corrected chi connectivity index (χ3v) is 5.11. The number of hydrogen-bond donors (Lipinski definition) is 0. The van der Waals surface area contributed by atoms with Crippen molar-refractivity contribution in [3.8, 4) is 12.1 Å². The lowest BCUT2D eigenvalue weighted by atomic mass is 10.1. The average Bonchev–Trinajstić information content (AvgIpc) is 2.98. The summed E-state index contributed by atoms with van der Waals surface area (Å²) in [7, 11) is 0. The van der Waals surface area contributed by atoms with Gasteiger partial charge in [-0.2, -0.15) is 10.5 Å². The summed E-state index contributed by atoms with van der Waals surface area (Å²) in [6.07, 6.45) is 2.41. The molecule has 0 radical (unpaired) electrons. The molecule has 110 valence electrons. The van der Waals surface area contributed by atoms with Crippen molar-refractivity contribution in [3.63, 3.8) is 0 Å². The SMILES string of the molecule is N#CCC[C@@H](C#N)CN1CC[C@@H](CSc2ccccc2)C1. The van der Waals surface area contributed by atoms with E-state index in [4.69, 9.17) is 10.5 Å². The maximum Gasteiger partial charge on any atom is 0.0669 e. The van der Waals surface area contributed by atoms with Gasteiger partial charge in [0.1, 0.15) is 0 Å². The molecule has 2 rings (SSSR count). The standard InChI is InChI=1S/C17H21N3S/c18-9-4-5-15(11-19)12-20-10-8-16(13-20)14-21-17-6-2-1-3-7-17/h1-3,6-7,15-16H,4-5,8,10,12-14H2/t15-,16+/m0/s1. The van der Waals surface area contributed by atoms with Gasteiger partial charge in [0.15, 0.2) is 0 Å². The van der Waals surface area contributed by atoms with E-state index in [1.165, 1.54) is 11.3 Å². The Labute approximate surface area is 131 Å². The molecule has 0 unspecified atom stereocenters. The second kappa shape index (κ2) is 8.72. The van der Waals surface area contributed by atoms with Crippen LogP contribution >= 0.6 is 11.8 Å². The Balaban J connectivity index is 1.71. The molecular weight excluding hydrogens is 278 g/mol. The molecule has 0 amide bonds. The van der Waals surface area contributed by atoms with Crippen molar-refractivity contribution in [2.45, 2.75) is 24.2 Å². The van der Waals surface area contributed by atoms with Crippen LogP contribution in [0.4, 0.5) is 0 Å². The molecule has 0 bridgehead atoms. The number of likely N-dealkylation sites (tertiary alicyclic amines) is 1. The van der Waals surface area contributed by atoms with E-state index < -0.39 is 0 Å². The molecule has 21 heavy (non-hydrogen) atoms. The number of hydrogen-bond acceptors (Lipinski definition) is 4. The minimum Gasteiger partial charge on any atom is -0.302 e. The molecule has 1 aliphatic heterocycles. The Morgan fingerprint density at radius 1 is 1.29 bits per heavy atom. The van der Waals surface area contributed by atoms with Crippen molar-refractivity contribution in [1.29, 1.82) is 10.5 Å². The van der Waals surface area contributed by atoms with Crippen molar-refractivity contribution >= 4 is 11.8 Å². The predicted octanol–water partition coefficient (Wildman–Crippen LogP) is 3.54. The molecule has 1 heterocycles. The molecule has 3 nitrogen and oxygen atoms in total. The van der Waals surface area contributed by atoms with Crippen LogP contribution in [-0.2, 0) is 0 Å². The van der Waals surface area contributed by atoms with Gasteiger partial charge in [0.2, 0.25) is 0 Å². The van der Waals surface area contributed by atoms with E-state index in [1.807, 2.05) is 17.8 Å². The largest absolute Gasteiger partial charge is 0.302 e. The fraction of sp³-hybridized carbons (Fsp3) is 0.529. The first kappa shape index (κ1) is 15.9. The molecule has 0 N–H and O–H groups in total. The summed E-state index contributed by atoms with van der Waals surface area (Å²) < 4.78 is 0. The summed E-state index contributed by atoms with van der Waals surface area (Å²) in [5.74, 6) is 1.87. The molecule has 0 aromatic heterocycles. The fourth-order valence-corrected chi connectivity index (χ4v) is 3.74. The summed E-state index contributed by atoms with van der Waals surface area (Å²) in [4.78, 5) is 3.72. The Kier molecular flexibility index (Phi) is 6.60. The summed E-state index contributed by atoms with van der Waals surface area (Å²) in [5, 5.41) is 17.8. The predicted molar refractivity (Wildman–Crippen MR) is 85.7 cm³/mol. The smallest absolute Gasteiger partial charge is 0.0669 e. The van der Waals surface area contributed by atoms with Gasteiger partial charge in [-0.05, 0) is 37.4 Å². The lowest BCUT2D eigenvalue weighted by Gasteiger charge is -2.18. The first-order valence-electron chi connectivity index (χ1n) is 7.48. The summed E-state index contributed by atoms with van der Waals surface area (Å²) in [6.45, 7) is 3.00. The third-order valence-electron chi connectivity index (χ3n) is 3.86.